The first-order valence-corrected chi connectivity index (χ1v) is 17.0. The number of unbranched alkanes of at least 4 members (excludes halogenated alkanes) is 11. The zero-order chi connectivity index (χ0) is 28.6. The van der Waals surface area contributed by atoms with Crippen LogP contribution < -0.4 is 5.30 Å². The van der Waals surface area contributed by atoms with Crippen molar-refractivity contribution in [3.05, 3.63) is 23.3 Å². The summed E-state index contributed by atoms with van der Waals surface area (Å²) in [5.41, 5.74) is 2.18. The lowest BCUT2D eigenvalue weighted by molar-refractivity contribution is 0.213. The standard InChI is InChI=1S/C34H62NO2P/c1-11-12-13-14-15-16-17-18-19-20-21-22-23-28-26-35(34(8,9)10)38(37-28)30-25-27(32(2,3)4)24-29(31(30)36)33(5,6)7/h24-25,28,36H,11-23,26H2,1-10H3. The predicted molar refractivity (Wildman–Crippen MR) is 169 cm³/mol. The van der Waals surface area contributed by atoms with E-state index in [-0.39, 0.29) is 22.5 Å². The highest BCUT2D eigenvalue weighted by Crippen LogP contribution is 2.55. The molecular formula is C34H62NO2P. The molecule has 0 amide bonds. The topological polar surface area (TPSA) is 32.7 Å². The molecule has 3 nitrogen and oxygen atoms in total. The van der Waals surface area contributed by atoms with Crippen molar-refractivity contribution in [2.24, 2.45) is 0 Å². The summed E-state index contributed by atoms with van der Waals surface area (Å²) in [6.07, 6.45) is 17.9. The van der Waals surface area contributed by atoms with Gasteiger partial charge in [0.05, 0.1) is 11.4 Å². The van der Waals surface area contributed by atoms with E-state index in [0.29, 0.717) is 5.75 Å². The van der Waals surface area contributed by atoms with Crippen LogP contribution in [0.5, 0.6) is 5.75 Å². The molecule has 1 fully saturated rings. The summed E-state index contributed by atoms with van der Waals surface area (Å²) < 4.78 is 9.36. The van der Waals surface area contributed by atoms with Crippen LogP contribution in [0.4, 0.5) is 0 Å². The van der Waals surface area contributed by atoms with E-state index in [0.717, 1.165) is 23.8 Å². The summed E-state index contributed by atoms with van der Waals surface area (Å²) in [5.74, 6) is 0.442. The highest BCUT2D eigenvalue weighted by atomic mass is 31.2. The Labute approximate surface area is 238 Å². The second-order valence-electron chi connectivity index (χ2n) is 14.8. The Hall–Kier alpha value is -0.630. The van der Waals surface area contributed by atoms with Crippen LogP contribution in [-0.4, -0.2) is 28.0 Å². The SMILES string of the molecule is CCCCCCCCCCCCCCC1CN(C(C)(C)C)P(c2cc(C(C)(C)C)cc(C(C)(C)C)c2O)O1. The fourth-order valence-electron chi connectivity index (χ4n) is 5.36. The highest BCUT2D eigenvalue weighted by Gasteiger charge is 2.42. The fourth-order valence-corrected chi connectivity index (χ4v) is 7.73. The molecule has 0 aromatic heterocycles. The summed E-state index contributed by atoms with van der Waals surface area (Å²) in [6.45, 7) is 23.5. The largest absolute Gasteiger partial charge is 0.507 e. The molecule has 2 rings (SSSR count). The van der Waals surface area contributed by atoms with Gasteiger partial charge in [-0.25, -0.2) is 4.67 Å². The van der Waals surface area contributed by atoms with Crippen LogP contribution >= 0.6 is 8.30 Å². The maximum Gasteiger partial charge on any atom is 0.142 e. The van der Waals surface area contributed by atoms with Crippen molar-refractivity contribution in [2.45, 2.75) is 175 Å². The van der Waals surface area contributed by atoms with Crippen molar-refractivity contribution >= 4 is 13.6 Å². The molecule has 0 saturated carbocycles. The van der Waals surface area contributed by atoms with E-state index in [2.05, 4.69) is 86.0 Å². The number of rotatable bonds is 14. The van der Waals surface area contributed by atoms with Gasteiger partial charge in [-0.15, -0.1) is 0 Å². The van der Waals surface area contributed by atoms with Gasteiger partial charge in [-0.3, -0.25) is 0 Å². The molecule has 2 atom stereocenters. The van der Waals surface area contributed by atoms with Crippen molar-refractivity contribution in [3.8, 4) is 5.75 Å². The van der Waals surface area contributed by atoms with Crippen molar-refractivity contribution in [3.63, 3.8) is 0 Å². The van der Waals surface area contributed by atoms with Gasteiger partial charge >= 0.3 is 0 Å². The monoisotopic (exact) mass is 547 g/mol. The van der Waals surface area contributed by atoms with Gasteiger partial charge in [0.2, 0.25) is 0 Å². The molecule has 0 aliphatic carbocycles. The molecule has 1 aliphatic heterocycles. The molecule has 38 heavy (non-hydrogen) atoms. The van der Waals surface area contributed by atoms with Crippen LogP contribution in [0.25, 0.3) is 0 Å². The molecule has 1 saturated heterocycles. The highest BCUT2D eigenvalue weighted by molar-refractivity contribution is 7.59. The van der Waals surface area contributed by atoms with Crippen LogP contribution in [0, 0.1) is 0 Å². The number of aromatic hydroxyl groups is 1. The minimum absolute atomic E-state index is 0.0108. The second kappa shape index (κ2) is 14.8. The van der Waals surface area contributed by atoms with E-state index in [1.54, 1.807) is 0 Å². The lowest BCUT2D eigenvalue weighted by Gasteiger charge is -2.36. The maximum atomic E-state index is 11.5. The number of benzene rings is 1. The molecule has 220 valence electrons. The second-order valence-corrected chi connectivity index (χ2v) is 16.5. The number of phenols is 1. The first kappa shape index (κ1) is 33.6. The summed E-state index contributed by atoms with van der Waals surface area (Å²) in [4.78, 5) is 0. The van der Waals surface area contributed by atoms with Gasteiger partial charge in [0.1, 0.15) is 14.0 Å². The summed E-state index contributed by atoms with van der Waals surface area (Å²) >= 11 is 0. The Morgan fingerprint density at radius 1 is 0.763 bits per heavy atom. The van der Waals surface area contributed by atoms with Gasteiger partial charge in [-0.1, -0.05) is 132 Å². The zero-order valence-electron chi connectivity index (χ0n) is 26.9. The van der Waals surface area contributed by atoms with E-state index in [1.807, 2.05) is 0 Å². The third-order valence-electron chi connectivity index (χ3n) is 7.97. The number of phenolic OH excluding ortho intramolecular Hbond substituents is 1. The zero-order valence-corrected chi connectivity index (χ0v) is 27.8. The third kappa shape index (κ3) is 10.4. The molecular weight excluding hydrogens is 485 g/mol. The fraction of sp³-hybridized carbons (Fsp3) is 0.824. The van der Waals surface area contributed by atoms with Crippen molar-refractivity contribution in [1.82, 2.24) is 4.67 Å². The predicted octanol–water partition coefficient (Wildman–Crippen LogP) is 10.5. The average Bonchev–Trinajstić information content (AvgIpc) is 3.23. The molecule has 1 aromatic carbocycles. The van der Waals surface area contributed by atoms with Crippen molar-refractivity contribution in [1.29, 1.82) is 0 Å². The molecule has 0 bridgehead atoms. The first-order valence-electron chi connectivity index (χ1n) is 15.8. The molecule has 2 unspecified atom stereocenters. The molecule has 0 spiro atoms. The van der Waals surface area contributed by atoms with E-state index in [1.165, 1.54) is 82.6 Å². The quantitative estimate of drug-likeness (QED) is 0.186. The van der Waals surface area contributed by atoms with Crippen molar-refractivity contribution in [2.75, 3.05) is 6.54 Å². The maximum absolute atomic E-state index is 11.5. The molecule has 1 aliphatic rings. The van der Waals surface area contributed by atoms with Gasteiger partial charge in [0.25, 0.3) is 0 Å². The first-order chi connectivity index (χ1) is 17.7. The van der Waals surface area contributed by atoms with E-state index in [4.69, 9.17) is 4.52 Å². The number of hydrogen-bond donors (Lipinski definition) is 1. The average molecular weight is 548 g/mol. The molecule has 1 heterocycles. The molecule has 0 radical (unpaired) electrons. The summed E-state index contributed by atoms with van der Waals surface area (Å²) in [5, 5.41) is 12.5. The number of hydrogen-bond acceptors (Lipinski definition) is 3. The normalized spacial score (nSPS) is 19.4. The Morgan fingerprint density at radius 3 is 1.71 bits per heavy atom. The molecule has 4 heteroatoms. The third-order valence-corrected chi connectivity index (χ3v) is 10.4. The van der Waals surface area contributed by atoms with Crippen LogP contribution in [0.2, 0.25) is 0 Å². The van der Waals surface area contributed by atoms with Crippen LogP contribution in [0.1, 0.15) is 164 Å². The van der Waals surface area contributed by atoms with E-state index < -0.39 is 8.30 Å². The minimum atomic E-state index is -1.04. The lowest BCUT2D eigenvalue weighted by Crippen LogP contribution is -2.38. The Balaban J connectivity index is 1.97. The minimum Gasteiger partial charge on any atom is -0.507 e. The lowest BCUT2D eigenvalue weighted by atomic mass is 9.80. The summed E-state index contributed by atoms with van der Waals surface area (Å²) in [6, 6.07) is 4.46. The Kier molecular flexibility index (Phi) is 13.1. The van der Waals surface area contributed by atoms with Crippen LogP contribution in [0.3, 0.4) is 0 Å². The Morgan fingerprint density at radius 2 is 1.26 bits per heavy atom. The van der Waals surface area contributed by atoms with Gasteiger partial charge in [0, 0.05) is 17.6 Å². The van der Waals surface area contributed by atoms with Crippen LogP contribution in [-0.2, 0) is 15.4 Å². The van der Waals surface area contributed by atoms with Gasteiger partial charge in [-0.2, -0.15) is 0 Å². The Bertz CT molecular complexity index is 831. The van der Waals surface area contributed by atoms with Crippen molar-refractivity contribution < 1.29 is 9.63 Å². The van der Waals surface area contributed by atoms with Gasteiger partial charge in [0.15, 0.2) is 0 Å². The number of nitrogens with zero attached hydrogens (tertiary/aromatic N) is 1. The van der Waals surface area contributed by atoms with Crippen LogP contribution in [0.15, 0.2) is 12.1 Å². The van der Waals surface area contributed by atoms with E-state index in [9.17, 15) is 5.11 Å². The van der Waals surface area contributed by atoms with E-state index >= 15 is 0 Å². The van der Waals surface area contributed by atoms with Gasteiger partial charge < -0.3 is 9.63 Å². The molecule has 1 aromatic rings. The van der Waals surface area contributed by atoms with Gasteiger partial charge in [-0.05, 0) is 49.7 Å². The smallest absolute Gasteiger partial charge is 0.142 e. The molecule has 1 N–H and O–H groups in total. The summed E-state index contributed by atoms with van der Waals surface area (Å²) in [7, 11) is -1.04.